The van der Waals surface area contributed by atoms with Crippen molar-refractivity contribution < 1.29 is 9.21 Å². The molecule has 3 aromatic rings. The lowest BCUT2D eigenvalue weighted by atomic mass is 10.2. The van der Waals surface area contributed by atoms with Crippen LogP contribution in [-0.2, 0) is 13.6 Å². The van der Waals surface area contributed by atoms with Gasteiger partial charge in [-0.1, -0.05) is 0 Å². The number of fused-ring (bicyclic) bond motifs is 1. The average molecular weight is 295 g/mol. The SMILES string of the molecule is Cn1c(C2CC2)nc2cc(C(=O)NCc3ccco3)ccc21. The van der Waals surface area contributed by atoms with Gasteiger partial charge in [-0.05, 0) is 43.2 Å². The number of hydrogen-bond acceptors (Lipinski definition) is 3. The number of nitrogens with one attached hydrogen (secondary N) is 1. The highest BCUT2D eigenvalue weighted by atomic mass is 16.3. The molecule has 0 spiro atoms. The Morgan fingerprint density at radius 2 is 2.27 bits per heavy atom. The molecule has 1 aromatic carbocycles. The van der Waals surface area contributed by atoms with Crippen LogP contribution in [-0.4, -0.2) is 15.5 Å². The minimum absolute atomic E-state index is 0.114. The zero-order chi connectivity index (χ0) is 15.1. The van der Waals surface area contributed by atoms with Crippen molar-refractivity contribution >= 4 is 16.9 Å². The van der Waals surface area contributed by atoms with E-state index in [0.29, 0.717) is 18.0 Å². The standard InChI is InChI=1S/C17H17N3O2/c1-20-15-7-6-12(9-14(15)19-16(20)11-4-5-11)17(21)18-10-13-3-2-8-22-13/h2-3,6-9,11H,4-5,10H2,1H3,(H,18,21). The zero-order valence-electron chi connectivity index (χ0n) is 12.4. The zero-order valence-corrected chi connectivity index (χ0v) is 12.4. The molecule has 4 rings (SSSR count). The second-order valence-electron chi connectivity index (χ2n) is 5.77. The fraction of sp³-hybridized carbons (Fsp3) is 0.294. The summed E-state index contributed by atoms with van der Waals surface area (Å²) in [5.41, 5.74) is 2.58. The lowest BCUT2D eigenvalue weighted by molar-refractivity contribution is 0.0948. The van der Waals surface area contributed by atoms with Crippen LogP contribution in [0, 0.1) is 0 Å². The van der Waals surface area contributed by atoms with Crippen LogP contribution in [0.2, 0.25) is 0 Å². The molecule has 112 valence electrons. The van der Waals surface area contributed by atoms with Gasteiger partial charge in [-0.25, -0.2) is 4.98 Å². The molecular weight excluding hydrogens is 278 g/mol. The predicted molar refractivity (Wildman–Crippen MR) is 82.6 cm³/mol. The number of aromatic nitrogens is 2. The minimum atomic E-state index is -0.114. The normalized spacial score (nSPS) is 14.4. The van der Waals surface area contributed by atoms with Crippen molar-refractivity contribution in [2.45, 2.75) is 25.3 Å². The monoisotopic (exact) mass is 295 g/mol. The van der Waals surface area contributed by atoms with Gasteiger partial charge in [0.15, 0.2) is 0 Å². The van der Waals surface area contributed by atoms with Gasteiger partial charge in [-0.3, -0.25) is 4.79 Å². The van der Waals surface area contributed by atoms with Crippen molar-refractivity contribution in [2.24, 2.45) is 7.05 Å². The van der Waals surface area contributed by atoms with Crippen LogP contribution in [0.25, 0.3) is 11.0 Å². The van der Waals surface area contributed by atoms with Crippen LogP contribution < -0.4 is 5.32 Å². The third-order valence-electron chi connectivity index (χ3n) is 4.12. The van der Waals surface area contributed by atoms with Crippen molar-refractivity contribution in [2.75, 3.05) is 0 Å². The second kappa shape index (κ2) is 5.02. The molecule has 1 fully saturated rings. The van der Waals surface area contributed by atoms with E-state index in [0.717, 1.165) is 22.6 Å². The van der Waals surface area contributed by atoms with Gasteiger partial charge in [0.2, 0.25) is 0 Å². The Hall–Kier alpha value is -2.56. The fourth-order valence-corrected chi connectivity index (χ4v) is 2.75. The maximum atomic E-state index is 12.2. The van der Waals surface area contributed by atoms with Gasteiger partial charge in [0.05, 0.1) is 23.8 Å². The molecule has 0 saturated heterocycles. The molecule has 22 heavy (non-hydrogen) atoms. The smallest absolute Gasteiger partial charge is 0.251 e. The third-order valence-corrected chi connectivity index (χ3v) is 4.12. The molecule has 2 aromatic heterocycles. The lowest BCUT2D eigenvalue weighted by Gasteiger charge is -2.04. The molecule has 0 aliphatic heterocycles. The van der Waals surface area contributed by atoms with E-state index in [4.69, 9.17) is 9.40 Å². The van der Waals surface area contributed by atoms with Crippen molar-refractivity contribution in [3.8, 4) is 0 Å². The van der Waals surface area contributed by atoms with Crippen LogP contribution in [0.15, 0.2) is 41.0 Å². The second-order valence-corrected chi connectivity index (χ2v) is 5.77. The summed E-state index contributed by atoms with van der Waals surface area (Å²) >= 11 is 0. The number of rotatable bonds is 4. The molecule has 0 unspecified atom stereocenters. The largest absolute Gasteiger partial charge is 0.467 e. The molecule has 5 nitrogen and oxygen atoms in total. The Labute approximate surface area is 127 Å². The Balaban J connectivity index is 1.57. The van der Waals surface area contributed by atoms with E-state index in [1.165, 1.54) is 12.8 Å². The Kier molecular flexibility index (Phi) is 2.99. The van der Waals surface area contributed by atoms with Gasteiger partial charge in [0, 0.05) is 18.5 Å². The van der Waals surface area contributed by atoms with Gasteiger partial charge in [0.25, 0.3) is 5.91 Å². The third kappa shape index (κ3) is 2.28. The molecule has 2 heterocycles. The predicted octanol–water partition coefficient (Wildman–Crippen LogP) is 2.97. The van der Waals surface area contributed by atoms with E-state index in [-0.39, 0.29) is 5.91 Å². The van der Waals surface area contributed by atoms with E-state index in [2.05, 4.69) is 9.88 Å². The van der Waals surface area contributed by atoms with Gasteiger partial charge in [0.1, 0.15) is 11.6 Å². The Morgan fingerprint density at radius 3 is 3.00 bits per heavy atom. The topological polar surface area (TPSA) is 60.1 Å². The number of nitrogens with zero attached hydrogens (tertiary/aromatic N) is 2. The molecule has 5 heteroatoms. The summed E-state index contributed by atoms with van der Waals surface area (Å²) in [6.45, 7) is 0.388. The number of carbonyl (C=O) groups excluding carboxylic acids is 1. The van der Waals surface area contributed by atoms with E-state index >= 15 is 0 Å². The first-order chi connectivity index (χ1) is 10.7. The number of furan rings is 1. The average Bonchev–Trinajstić information content (AvgIpc) is 3.13. The van der Waals surface area contributed by atoms with Crippen molar-refractivity contribution in [1.29, 1.82) is 0 Å². The Bertz CT molecular complexity index is 829. The highest BCUT2D eigenvalue weighted by Gasteiger charge is 2.28. The van der Waals surface area contributed by atoms with Crippen LogP contribution in [0.5, 0.6) is 0 Å². The highest BCUT2D eigenvalue weighted by Crippen LogP contribution is 2.40. The van der Waals surface area contributed by atoms with Gasteiger partial charge >= 0.3 is 0 Å². The molecule has 1 N–H and O–H groups in total. The summed E-state index contributed by atoms with van der Waals surface area (Å²) in [7, 11) is 2.04. The summed E-state index contributed by atoms with van der Waals surface area (Å²) in [5.74, 6) is 2.34. The van der Waals surface area contributed by atoms with E-state index < -0.39 is 0 Å². The first-order valence-corrected chi connectivity index (χ1v) is 7.49. The maximum absolute atomic E-state index is 12.2. The number of hydrogen-bond donors (Lipinski definition) is 1. The van der Waals surface area contributed by atoms with Crippen molar-refractivity contribution in [1.82, 2.24) is 14.9 Å². The van der Waals surface area contributed by atoms with Crippen LogP contribution >= 0.6 is 0 Å². The van der Waals surface area contributed by atoms with Crippen LogP contribution in [0.4, 0.5) is 0 Å². The number of carbonyl (C=O) groups is 1. The molecule has 1 aliphatic carbocycles. The summed E-state index contributed by atoms with van der Waals surface area (Å²) in [4.78, 5) is 16.9. The molecule has 1 aliphatic rings. The number of imidazole rings is 1. The summed E-state index contributed by atoms with van der Waals surface area (Å²) < 4.78 is 7.35. The quantitative estimate of drug-likeness (QED) is 0.805. The molecule has 0 atom stereocenters. The van der Waals surface area contributed by atoms with E-state index in [9.17, 15) is 4.79 Å². The minimum Gasteiger partial charge on any atom is -0.467 e. The summed E-state index contributed by atoms with van der Waals surface area (Å²) in [6, 6.07) is 9.32. The summed E-state index contributed by atoms with van der Waals surface area (Å²) in [6.07, 6.45) is 4.03. The lowest BCUT2D eigenvalue weighted by Crippen LogP contribution is -2.22. The summed E-state index contributed by atoms with van der Waals surface area (Å²) in [5, 5.41) is 2.86. The molecule has 1 amide bonds. The van der Waals surface area contributed by atoms with E-state index in [1.807, 2.05) is 31.3 Å². The van der Waals surface area contributed by atoms with Gasteiger partial charge in [-0.2, -0.15) is 0 Å². The van der Waals surface area contributed by atoms with Crippen molar-refractivity contribution in [3.05, 3.63) is 53.7 Å². The first kappa shape index (κ1) is 13.1. The van der Waals surface area contributed by atoms with Gasteiger partial charge < -0.3 is 14.3 Å². The van der Waals surface area contributed by atoms with E-state index in [1.54, 1.807) is 12.3 Å². The van der Waals surface area contributed by atoms with Crippen LogP contribution in [0.3, 0.4) is 0 Å². The van der Waals surface area contributed by atoms with Crippen molar-refractivity contribution in [3.63, 3.8) is 0 Å². The highest BCUT2D eigenvalue weighted by molar-refractivity contribution is 5.97. The number of benzene rings is 1. The maximum Gasteiger partial charge on any atom is 0.251 e. The van der Waals surface area contributed by atoms with Crippen LogP contribution in [0.1, 0.15) is 40.7 Å². The molecular formula is C17H17N3O2. The molecule has 0 radical (unpaired) electrons. The molecule has 0 bridgehead atoms. The number of aryl methyl sites for hydroxylation is 1. The Morgan fingerprint density at radius 1 is 1.41 bits per heavy atom. The first-order valence-electron chi connectivity index (χ1n) is 7.49. The fourth-order valence-electron chi connectivity index (χ4n) is 2.75. The number of amides is 1. The van der Waals surface area contributed by atoms with Gasteiger partial charge in [-0.15, -0.1) is 0 Å². The molecule has 1 saturated carbocycles.